The van der Waals surface area contributed by atoms with Crippen LogP contribution in [0.5, 0.6) is 5.75 Å². The SMILES string of the molecule is COc1ccc(C2=CCO[C@@H]3[C@@H](C2)CN(C(=O)OC(C)(C)C)[C@@H]3C(=O)N[C@H]([C@H](C)Cl)[C@H]2OC(SC)CC(O)C(O)C2O)cc1. The third kappa shape index (κ3) is 8.01. The Morgan fingerprint density at radius 1 is 1.16 bits per heavy atom. The molecule has 3 aliphatic heterocycles. The molecule has 3 heterocycles. The summed E-state index contributed by atoms with van der Waals surface area (Å²) in [5.41, 5.74) is 0.667. The van der Waals surface area contributed by atoms with Crippen LogP contribution in [-0.2, 0) is 19.0 Å². The number of ether oxygens (including phenoxy) is 4. The van der Waals surface area contributed by atoms with Crippen LogP contribution < -0.4 is 10.1 Å². The first-order valence-electron chi connectivity index (χ1n) is 14.9. The Morgan fingerprint density at radius 2 is 1.84 bits per heavy atom. The number of alkyl halides is 1. The van der Waals surface area contributed by atoms with Gasteiger partial charge >= 0.3 is 6.09 Å². The molecule has 13 heteroatoms. The molecular weight excluding hydrogens is 612 g/mol. The van der Waals surface area contributed by atoms with Crippen molar-refractivity contribution >= 4 is 40.9 Å². The molecule has 0 bridgehead atoms. The van der Waals surface area contributed by atoms with Crippen LogP contribution in [0.2, 0.25) is 0 Å². The van der Waals surface area contributed by atoms with E-state index in [4.69, 9.17) is 30.5 Å². The highest BCUT2D eigenvalue weighted by Gasteiger charge is 2.52. The molecule has 0 aromatic heterocycles. The normalized spacial score (nSPS) is 32.4. The van der Waals surface area contributed by atoms with Crippen LogP contribution in [0.4, 0.5) is 4.79 Å². The van der Waals surface area contributed by atoms with Crippen LogP contribution in [0.25, 0.3) is 5.57 Å². The van der Waals surface area contributed by atoms with Crippen molar-refractivity contribution in [2.75, 3.05) is 26.5 Å². The Bertz CT molecular complexity index is 1180. The molecule has 10 atom stereocenters. The van der Waals surface area contributed by atoms with Crippen molar-refractivity contribution in [2.45, 2.75) is 99.6 Å². The highest BCUT2D eigenvalue weighted by Crippen LogP contribution is 2.38. The summed E-state index contributed by atoms with van der Waals surface area (Å²) in [4.78, 5) is 29.1. The lowest BCUT2D eigenvalue weighted by atomic mass is 9.90. The van der Waals surface area contributed by atoms with Crippen molar-refractivity contribution in [1.29, 1.82) is 0 Å². The van der Waals surface area contributed by atoms with Crippen LogP contribution >= 0.6 is 23.4 Å². The second kappa shape index (κ2) is 14.6. The van der Waals surface area contributed by atoms with Crippen LogP contribution in [0.3, 0.4) is 0 Å². The zero-order valence-electron chi connectivity index (χ0n) is 26.0. The number of carbonyl (C=O) groups excluding carboxylic acids is 2. The molecule has 1 aromatic carbocycles. The van der Waals surface area contributed by atoms with Gasteiger partial charge in [-0.05, 0) is 63.6 Å². The van der Waals surface area contributed by atoms with Gasteiger partial charge in [-0.15, -0.1) is 23.4 Å². The minimum atomic E-state index is -1.53. The van der Waals surface area contributed by atoms with E-state index in [1.807, 2.05) is 30.3 Å². The molecule has 0 aliphatic carbocycles. The second-order valence-electron chi connectivity index (χ2n) is 12.6. The first-order chi connectivity index (χ1) is 20.7. The smallest absolute Gasteiger partial charge is 0.411 e. The first kappa shape index (κ1) is 34.8. The number of amides is 2. The van der Waals surface area contributed by atoms with Crippen molar-refractivity contribution in [3.8, 4) is 5.75 Å². The molecule has 44 heavy (non-hydrogen) atoms. The minimum Gasteiger partial charge on any atom is -0.497 e. The molecule has 0 spiro atoms. The summed E-state index contributed by atoms with van der Waals surface area (Å²) in [7, 11) is 1.61. The molecular formula is C31H45ClN2O9S. The van der Waals surface area contributed by atoms with Gasteiger partial charge in [-0.1, -0.05) is 18.2 Å². The zero-order chi connectivity index (χ0) is 32.3. The van der Waals surface area contributed by atoms with E-state index in [-0.39, 0.29) is 25.5 Å². The second-order valence-corrected chi connectivity index (χ2v) is 14.2. The number of hydrogen-bond acceptors (Lipinski definition) is 10. The Labute approximate surface area is 268 Å². The minimum absolute atomic E-state index is 0.0867. The van der Waals surface area contributed by atoms with Gasteiger partial charge < -0.3 is 39.6 Å². The highest BCUT2D eigenvalue weighted by molar-refractivity contribution is 7.99. The fraction of sp³-hybridized carbons (Fsp3) is 0.677. The molecule has 0 saturated carbocycles. The monoisotopic (exact) mass is 656 g/mol. The van der Waals surface area contributed by atoms with E-state index >= 15 is 0 Å². The molecule has 1 aromatic rings. The van der Waals surface area contributed by atoms with Crippen LogP contribution in [0.15, 0.2) is 30.3 Å². The number of likely N-dealkylation sites (tertiary alicyclic amines) is 1. The number of fused-ring (bicyclic) bond motifs is 1. The number of nitrogens with one attached hydrogen (secondary N) is 1. The molecule has 4 rings (SSSR count). The maximum atomic E-state index is 14.2. The summed E-state index contributed by atoms with van der Waals surface area (Å²) >= 11 is 7.88. The third-order valence-electron chi connectivity index (χ3n) is 8.24. The molecule has 4 N–H and O–H groups in total. The van der Waals surface area contributed by atoms with Gasteiger partial charge in [-0.25, -0.2) is 4.79 Å². The predicted molar refractivity (Wildman–Crippen MR) is 168 cm³/mol. The highest BCUT2D eigenvalue weighted by atomic mass is 35.5. The van der Waals surface area contributed by atoms with Crippen LogP contribution in [-0.4, -0.2) is 118 Å². The third-order valence-corrected chi connectivity index (χ3v) is 9.35. The standard InChI is InChI=1S/C31H45ClN2O9S/c1-16(32)23(28-26(37)25(36)21(35)14-22(42-28)44-6)33-29(38)24-27-19(15-34(24)30(39)43-31(2,3)4)13-18(11-12-41-27)17-7-9-20(40-5)10-8-17/h7-11,16,19,21-28,35-37H,12-15H2,1-6H3,(H,33,38)/t16-,19-,21?,22?,23+,24-,25?,26?,27+,28+/m0/s1. The molecule has 4 unspecified atom stereocenters. The summed E-state index contributed by atoms with van der Waals surface area (Å²) in [5, 5.41) is 34.1. The van der Waals surface area contributed by atoms with Gasteiger partial charge in [0, 0.05) is 18.9 Å². The lowest BCUT2D eigenvalue weighted by molar-refractivity contribution is -0.135. The number of benzene rings is 1. The van der Waals surface area contributed by atoms with Crippen LogP contribution in [0, 0.1) is 5.92 Å². The van der Waals surface area contributed by atoms with Crippen molar-refractivity contribution in [2.24, 2.45) is 5.92 Å². The Morgan fingerprint density at radius 3 is 2.43 bits per heavy atom. The Kier molecular flexibility index (Phi) is 11.5. The number of thioether (sulfide) groups is 1. The van der Waals surface area contributed by atoms with Gasteiger partial charge in [0.25, 0.3) is 0 Å². The summed E-state index contributed by atoms with van der Waals surface area (Å²) in [6.07, 6.45) is -2.29. The average molecular weight is 657 g/mol. The average Bonchev–Trinajstić information content (AvgIpc) is 3.14. The lowest BCUT2D eigenvalue weighted by Gasteiger charge is -2.36. The summed E-state index contributed by atoms with van der Waals surface area (Å²) < 4.78 is 23.3. The largest absolute Gasteiger partial charge is 0.497 e. The molecule has 3 aliphatic rings. The van der Waals surface area contributed by atoms with E-state index in [0.717, 1.165) is 16.9 Å². The molecule has 246 valence electrons. The number of halogens is 1. The number of hydrogen-bond donors (Lipinski definition) is 4. The van der Waals surface area contributed by atoms with Crippen molar-refractivity contribution in [3.63, 3.8) is 0 Å². The number of rotatable bonds is 7. The van der Waals surface area contributed by atoms with E-state index < -0.39 is 71.0 Å². The van der Waals surface area contributed by atoms with Gasteiger partial charge in [0.15, 0.2) is 0 Å². The fourth-order valence-corrected chi connectivity index (χ4v) is 6.84. The quantitative estimate of drug-likeness (QED) is 0.323. The predicted octanol–water partition coefficient (Wildman–Crippen LogP) is 2.78. The number of aliphatic hydroxyl groups is 3. The zero-order valence-corrected chi connectivity index (χ0v) is 27.6. The first-order valence-corrected chi connectivity index (χ1v) is 16.6. The van der Waals surface area contributed by atoms with Gasteiger partial charge in [0.2, 0.25) is 5.91 Å². The fourth-order valence-electron chi connectivity index (χ4n) is 6.01. The topological polar surface area (TPSA) is 147 Å². The molecule has 2 amide bonds. The molecule has 2 fully saturated rings. The maximum absolute atomic E-state index is 14.2. The maximum Gasteiger partial charge on any atom is 0.411 e. The van der Waals surface area contributed by atoms with Gasteiger partial charge in [0.05, 0.1) is 37.3 Å². The summed E-state index contributed by atoms with van der Waals surface area (Å²) in [5.74, 6) is -0.0365. The van der Waals surface area contributed by atoms with Crippen molar-refractivity contribution in [3.05, 3.63) is 35.9 Å². The summed E-state index contributed by atoms with van der Waals surface area (Å²) in [6, 6.07) is 5.65. The van der Waals surface area contributed by atoms with Crippen molar-refractivity contribution in [1.82, 2.24) is 10.2 Å². The number of aliphatic hydroxyl groups excluding tert-OH is 3. The molecule has 0 radical (unpaired) electrons. The van der Waals surface area contributed by atoms with E-state index in [1.165, 1.54) is 16.7 Å². The lowest BCUT2D eigenvalue weighted by Crippen LogP contribution is -2.61. The molecule has 11 nitrogen and oxygen atoms in total. The Hall–Kier alpha value is -2.06. The van der Waals surface area contributed by atoms with E-state index in [2.05, 4.69) is 5.32 Å². The number of carbonyl (C=O) groups is 2. The van der Waals surface area contributed by atoms with Crippen LogP contribution in [0.1, 0.15) is 46.1 Å². The molecule has 2 saturated heterocycles. The van der Waals surface area contributed by atoms with Crippen molar-refractivity contribution < 1.29 is 43.9 Å². The number of methoxy groups -OCH3 is 1. The number of allylic oxidation sites excluding steroid dienone is 1. The van der Waals surface area contributed by atoms with Gasteiger partial charge in [0.1, 0.15) is 41.1 Å². The van der Waals surface area contributed by atoms with Gasteiger partial charge in [-0.2, -0.15) is 0 Å². The Balaban J connectivity index is 1.62. The van der Waals surface area contributed by atoms with E-state index in [9.17, 15) is 24.9 Å². The van der Waals surface area contributed by atoms with E-state index in [1.54, 1.807) is 41.1 Å². The van der Waals surface area contributed by atoms with Gasteiger partial charge in [-0.3, -0.25) is 9.69 Å². The number of nitrogens with zero attached hydrogens (tertiary/aromatic N) is 1. The summed E-state index contributed by atoms with van der Waals surface area (Å²) in [6.45, 7) is 7.36. The van der Waals surface area contributed by atoms with E-state index in [0.29, 0.717) is 6.42 Å².